The number of nitrogens with zero attached hydrogens (tertiary/aromatic N) is 1. The number of amides is 1. The molecule has 1 aliphatic rings. The Hall–Kier alpha value is -1.39. The molecular formula is C19H30N2O2. The SMILES string of the molecule is NC(=O)CCCC1CCN(CCCOCc2ccccc2)CC1. The van der Waals surface area contributed by atoms with Crippen LogP contribution >= 0.6 is 0 Å². The first-order valence-electron chi connectivity index (χ1n) is 8.86. The van der Waals surface area contributed by atoms with Gasteiger partial charge in [0.05, 0.1) is 6.61 Å². The van der Waals surface area contributed by atoms with Crippen molar-refractivity contribution in [2.75, 3.05) is 26.2 Å². The van der Waals surface area contributed by atoms with Gasteiger partial charge >= 0.3 is 0 Å². The highest BCUT2D eigenvalue weighted by atomic mass is 16.5. The zero-order valence-electron chi connectivity index (χ0n) is 14.1. The summed E-state index contributed by atoms with van der Waals surface area (Å²) >= 11 is 0. The Bertz CT molecular complexity index is 442. The highest BCUT2D eigenvalue weighted by Crippen LogP contribution is 2.22. The van der Waals surface area contributed by atoms with E-state index in [9.17, 15) is 4.79 Å². The van der Waals surface area contributed by atoms with Gasteiger partial charge in [-0.15, -0.1) is 0 Å². The Balaban J connectivity index is 1.47. The molecule has 2 rings (SSSR count). The molecule has 1 aliphatic heterocycles. The Kier molecular flexibility index (Phi) is 8.12. The number of benzene rings is 1. The molecule has 2 N–H and O–H groups in total. The first-order valence-corrected chi connectivity index (χ1v) is 8.86. The van der Waals surface area contributed by atoms with Crippen LogP contribution in [-0.2, 0) is 16.1 Å². The third-order valence-electron chi connectivity index (χ3n) is 4.62. The second kappa shape index (κ2) is 10.4. The van der Waals surface area contributed by atoms with Crippen LogP contribution in [0.4, 0.5) is 0 Å². The van der Waals surface area contributed by atoms with Gasteiger partial charge in [-0.05, 0) is 56.7 Å². The molecule has 1 heterocycles. The number of hydrogen-bond donors (Lipinski definition) is 1. The van der Waals surface area contributed by atoms with Crippen molar-refractivity contribution in [1.29, 1.82) is 0 Å². The summed E-state index contributed by atoms with van der Waals surface area (Å²) in [5.74, 6) is 0.609. The molecule has 1 saturated heterocycles. The topological polar surface area (TPSA) is 55.6 Å². The number of piperidine rings is 1. The molecule has 0 bridgehead atoms. The molecule has 4 heteroatoms. The highest BCUT2D eigenvalue weighted by Gasteiger charge is 2.18. The van der Waals surface area contributed by atoms with Crippen molar-refractivity contribution in [2.24, 2.45) is 11.7 Å². The molecule has 1 fully saturated rings. The van der Waals surface area contributed by atoms with Crippen LogP contribution < -0.4 is 5.73 Å². The fourth-order valence-electron chi connectivity index (χ4n) is 3.22. The molecular weight excluding hydrogens is 288 g/mol. The maximum absolute atomic E-state index is 10.8. The van der Waals surface area contributed by atoms with E-state index in [1.807, 2.05) is 18.2 Å². The summed E-state index contributed by atoms with van der Waals surface area (Å²) in [6, 6.07) is 10.3. The number of nitrogens with two attached hydrogens (primary N) is 1. The van der Waals surface area contributed by atoms with E-state index in [-0.39, 0.29) is 5.91 Å². The largest absolute Gasteiger partial charge is 0.377 e. The Morgan fingerprint density at radius 2 is 1.91 bits per heavy atom. The normalized spacial score (nSPS) is 16.5. The molecule has 0 unspecified atom stereocenters. The summed E-state index contributed by atoms with van der Waals surface area (Å²) < 4.78 is 5.74. The minimum absolute atomic E-state index is 0.169. The van der Waals surface area contributed by atoms with Crippen molar-refractivity contribution in [1.82, 2.24) is 4.90 Å². The fourth-order valence-corrected chi connectivity index (χ4v) is 3.22. The van der Waals surface area contributed by atoms with Crippen molar-refractivity contribution in [3.8, 4) is 0 Å². The van der Waals surface area contributed by atoms with Crippen LogP contribution in [-0.4, -0.2) is 37.0 Å². The van der Waals surface area contributed by atoms with Crippen LogP contribution in [0.1, 0.15) is 44.1 Å². The first kappa shape index (κ1) is 18.0. The van der Waals surface area contributed by atoms with Crippen LogP contribution in [0, 0.1) is 5.92 Å². The number of primary amides is 1. The minimum atomic E-state index is -0.169. The monoisotopic (exact) mass is 318 g/mol. The van der Waals surface area contributed by atoms with Crippen molar-refractivity contribution >= 4 is 5.91 Å². The molecule has 0 aromatic heterocycles. The van der Waals surface area contributed by atoms with Crippen LogP contribution in [0.15, 0.2) is 30.3 Å². The third kappa shape index (κ3) is 7.62. The molecule has 0 saturated carbocycles. The molecule has 0 aliphatic carbocycles. The molecule has 1 aromatic rings. The van der Waals surface area contributed by atoms with E-state index in [0.717, 1.165) is 38.3 Å². The van der Waals surface area contributed by atoms with Gasteiger partial charge in [0, 0.05) is 19.6 Å². The maximum Gasteiger partial charge on any atom is 0.217 e. The van der Waals surface area contributed by atoms with Gasteiger partial charge in [0.25, 0.3) is 0 Å². The van der Waals surface area contributed by atoms with Crippen LogP contribution in [0.5, 0.6) is 0 Å². The van der Waals surface area contributed by atoms with Crippen molar-refractivity contribution in [2.45, 2.75) is 45.1 Å². The molecule has 23 heavy (non-hydrogen) atoms. The van der Waals surface area contributed by atoms with Gasteiger partial charge < -0.3 is 15.4 Å². The zero-order valence-corrected chi connectivity index (χ0v) is 14.1. The van der Waals surface area contributed by atoms with E-state index in [1.54, 1.807) is 0 Å². The van der Waals surface area contributed by atoms with Gasteiger partial charge in [0.2, 0.25) is 5.91 Å². The van der Waals surface area contributed by atoms with Gasteiger partial charge in [0.1, 0.15) is 0 Å². The van der Waals surface area contributed by atoms with E-state index in [2.05, 4.69) is 17.0 Å². The minimum Gasteiger partial charge on any atom is -0.377 e. The number of ether oxygens (including phenoxy) is 1. The molecule has 4 nitrogen and oxygen atoms in total. The summed E-state index contributed by atoms with van der Waals surface area (Å²) in [6.07, 6.45) is 6.25. The summed E-state index contributed by atoms with van der Waals surface area (Å²) in [5.41, 5.74) is 6.43. The lowest BCUT2D eigenvalue weighted by molar-refractivity contribution is -0.118. The highest BCUT2D eigenvalue weighted by molar-refractivity contribution is 5.73. The van der Waals surface area contributed by atoms with Gasteiger partial charge in [-0.2, -0.15) is 0 Å². The Morgan fingerprint density at radius 3 is 2.61 bits per heavy atom. The first-order chi connectivity index (χ1) is 11.2. The summed E-state index contributed by atoms with van der Waals surface area (Å²) in [6.45, 7) is 5.03. The van der Waals surface area contributed by atoms with E-state index in [0.29, 0.717) is 13.0 Å². The number of carbonyl (C=O) groups excluding carboxylic acids is 1. The van der Waals surface area contributed by atoms with E-state index >= 15 is 0 Å². The smallest absolute Gasteiger partial charge is 0.217 e. The number of rotatable bonds is 10. The molecule has 1 amide bonds. The second-order valence-electron chi connectivity index (χ2n) is 6.54. The summed E-state index contributed by atoms with van der Waals surface area (Å²) in [4.78, 5) is 13.3. The van der Waals surface area contributed by atoms with Gasteiger partial charge in [-0.25, -0.2) is 0 Å². The average Bonchev–Trinajstić information content (AvgIpc) is 2.56. The average molecular weight is 318 g/mol. The van der Waals surface area contributed by atoms with E-state index in [4.69, 9.17) is 10.5 Å². The molecule has 0 spiro atoms. The predicted molar refractivity (Wildman–Crippen MR) is 92.9 cm³/mol. The molecule has 128 valence electrons. The third-order valence-corrected chi connectivity index (χ3v) is 4.62. The lowest BCUT2D eigenvalue weighted by Crippen LogP contribution is -2.34. The van der Waals surface area contributed by atoms with Crippen LogP contribution in [0.3, 0.4) is 0 Å². The standard InChI is InChI=1S/C19H30N2O2/c20-19(22)9-4-8-17-10-13-21(14-11-17)12-5-15-23-16-18-6-2-1-3-7-18/h1-3,6-7,17H,4-5,8-16H2,(H2,20,22). The lowest BCUT2D eigenvalue weighted by Gasteiger charge is -2.31. The lowest BCUT2D eigenvalue weighted by atomic mass is 9.91. The van der Waals surface area contributed by atoms with Crippen molar-refractivity contribution in [3.63, 3.8) is 0 Å². The van der Waals surface area contributed by atoms with E-state index in [1.165, 1.54) is 31.5 Å². The van der Waals surface area contributed by atoms with Crippen molar-refractivity contribution in [3.05, 3.63) is 35.9 Å². The number of likely N-dealkylation sites (tertiary alicyclic amines) is 1. The predicted octanol–water partition coefficient (Wildman–Crippen LogP) is 2.96. The fraction of sp³-hybridized carbons (Fsp3) is 0.632. The van der Waals surface area contributed by atoms with Crippen molar-refractivity contribution < 1.29 is 9.53 Å². The summed E-state index contributed by atoms with van der Waals surface area (Å²) in [7, 11) is 0. The maximum atomic E-state index is 10.8. The Labute approximate surface area is 140 Å². The molecule has 0 radical (unpaired) electrons. The number of carbonyl (C=O) groups is 1. The second-order valence-corrected chi connectivity index (χ2v) is 6.54. The summed E-state index contributed by atoms with van der Waals surface area (Å²) in [5, 5.41) is 0. The number of hydrogen-bond acceptors (Lipinski definition) is 3. The van der Waals surface area contributed by atoms with Gasteiger partial charge in [-0.1, -0.05) is 30.3 Å². The van der Waals surface area contributed by atoms with Gasteiger partial charge in [0.15, 0.2) is 0 Å². The Morgan fingerprint density at radius 1 is 1.17 bits per heavy atom. The molecule has 1 aromatic carbocycles. The molecule has 0 atom stereocenters. The van der Waals surface area contributed by atoms with Crippen LogP contribution in [0.25, 0.3) is 0 Å². The van der Waals surface area contributed by atoms with Gasteiger partial charge in [-0.3, -0.25) is 4.79 Å². The van der Waals surface area contributed by atoms with Crippen LogP contribution in [0.2, 0.25) is 0 Å². The zero-order chi connectivity index (χ0) is 16.3. The quantitative estimate of drug-likeness (QED) is 0.675. The van der Waals surface area contributed by atoms with E-state index < -0.39 is 0 Å².